The lowest BCUT2D eigenvalue weighted by Gasteiger charge is -2.12. The number of sulfonamides is 1. The largest absolute Gasteiger partial charge is 0.488 e. The molecule has 0 saturated heterocycles. The molecule has 0 saturated carbocycles. The number of ether oxygens (including phenoxy) is 1. The predicted molar refractivity (Wildman–Crippen MR) is 106 cm³/mol. The quantitative estimate of drug-likeness (QED) is 0.621. The molecule has 3 rings (SSSR count). The maximum absolute atomic E-state index is 13.0. The molecule has 0 radical (unpaired) electrons. The Morgan fingerprint density at radius 2 is 1.69 bits per heavy atom. The molecule has 6 nitrogen and oxygen atoms in total. The highest BCUT2D eigenvalue weighted by atomic mass is 32.2. The molecule has 0 atom stereocenters. The van der Waals surface area contributed by atoms with Crippen LogP contribution >= 0.6 is 0 Å². The van der Waals surface area contributed by atoms with Crippen molar-refractivity contribution in [2.75, 3.05) is 0 Å². The van der Waals surface area contributed by atoms with Gasteiger partial charge in [-0.1, -0.05) is 36.4 Å². The highest BCUT2D eigenvalue weighted by Gasteiger charge is 2.13. The number of para-hydroxylation sites is 1. The van der Waals surface area contributed by atoms with Crippen molar-refractivity contribution < 1.29 is 22.3 Å². The number of carbonyl (C=O) groups is 1. The zero-order chi connectivity index (χ0) is 20.9. The Morgan fingerprint density at radius 3 is 2.41 bits per heavy atom. The fourth-order valence-corrected chi connectivity index (χ4v) is 3.22. The van der Waals surface area contributed by atoms with Crippen LogP contribution < -0.4 is 15.2 Å². The second-order valence-corrected chi connectivity index (χ2v) is 7.85. The minimum Gasteiger partial charge on any atom is -0.488 e. The first-order chi connectivity index (χ1) is 13.8. The Kier molecular flexibility index (Phi) is 6.26. The predicted octanol–water partition coefficient (Wildman–Crippen LogP) is 2.98. The average Bonchev–Trinajstić information content (AvgIpc) is 2.71. The van der Waals surface area contributed by atoms with Gasteiger partial charge in [0.15, 0.2) is 0 Å². The van der Waals surface area contributed by atoms with Crippen LogP contribution in [0.4, 0.5) is 4.39 Å². The van der Waals surface area contributed by atoms with Crippen LogP contribution in [0.1, 0.15) is 21.5 Å². The average molecular weight is 414 g/mol. The topological polar surface area (TPSA) is 98.5 Å². The van der Waals surface area contributed by atoms with Gasteiger partial charge < -0.3 is 10.1 Å². The summed E-state index contributed by atoms with van der Waals surface area (Å²) in [6.45, 7) is 0.301. The molecule has 8 heteroatoms. The molecule has 0 aliphatic rings. The molecule has 1 amide bonds. The number of amides is 1. The first kappa shape index (κ1) is 20.5. The van der Waals surface area contributed by atoms with Gasteiger partial charge in [0.2, 0.25) is 10.0 Å². The van der Waals surface area contributed by atoms with Gasteiger partial charge in [0.1, 0.15) is 18.2 Å². The van der Waals surface area contributed by atoms with Crippen LogP contribution in [0, 0.1) is 5.82 Å². The van der Waals surface area contributed by atoms with Gasteiger partial charge in [0.25, 0.3) is 5.91 Å². The van der Waals surface area contributed by atoms with Gasteiger partial charge in [0, 0.05) is 6.54 Å². The van der Waals surface area contributed by atoms with Crippen LogP contribution in [0.15, 0.2) is 77.7 Å². The van der Waals surface area contributed by atoms with Crippen LogP contribution in [-0.2, 0) is 23.2 Å². The number of halogens is 1. The molecule has 0 spiro atoms. The van der Waals surface area contributed by atoms with Crippen LogP contribution in [0.5, 0.6) is 5.75 Å². The standard InChI is InChI=1S/C21H19FN2O4S/c22-17-10-8-15(9-11-17)14-28-20-7-2-1-6-19(20)21(25)24-13-16-4-3-5-18(12-16)29(23,26)27/h1-12H,13-14H2,(H,24,25)(H2,23,26,27). The van der Waals surface area contributed by atoms with Gasteiger partial charge in [-0.3, -0.25) is 4.79 Å². The highest BCUT2D eigenvalue weighted by molar-refractivity contribution is 7.89. The molecule has 3 aromatic carbocycles. The summed E-state index contributed by atoms with van der Waals surface area (Å²) in [4.78, 5) is 12.6. The summed E-state index contributed by atoms with van der Waals surface area (Å²) >= 11 is 0. The van der Waals surface area contributed by atoms with E-state index >= 15 is 0 Å². The van der Waals surface area contributed by atoms with E-state index in [0.717, 1.165) is 5.56 Å². The summed E-state index contributed by atoms with van der Waals surface area (Å²) < 4.78 is 41.6. The number of primary sulfonamides is 1. The van der Waals surface area contributed by atoms with Crippen LogP contribution in [0.25, 0.3) is 0 Å². The zero-order valence-corrected chi connectivity index (χ0v) is 16.2. The van der Waals surface area contributed by atoms with Gasteiger partial charge in [-0.25, -0.2) is 17.9 Å². The Bertz CT molecular complexity index is 1120. The number of carbonyl (C=O) groups excluding carboxylic acids is 1. The first-order valence-electron chi connectivity index (χ1n) is 8.69. The molecular formula is C21H19FN2O4S. The third kappa shape index (κ3) is 5.63. The maximum atomic E-state index is 13.0. The number of benzene rings is 3. The van der Waals surface area contributed by atoms with Crippen molar-refractivity contribution in [3.63, 3.8) is 0 Å². The van der Waals surface area contributed by atoms with Crippen molar-refractivity contribution in [3.8, 4) is 5.75 Å². The molecule has 0 heterocycles. The van der Waals surface area contributed by atoms with Gasteiger partial charge in [-0.2, -0.15) is 0 Å². The van der Waals surface area contributed by atoms with Crippen LogP contribution in [0.3, 0.4) is 0 Å². The fraction of sp³-hybridized carbons (Fsp3) is 0.0952. The molecule has 0 aromatic heterocycles. The number of nitrogens with one attached hydrogen (secondary N) is 1. The molecule has 29 heavy (non-hydrogen) atoms. The molecule has 150 valence electrons. The van der Waals surface area contributed by atoms with E-state index in [4.69, 9.17) is 9.88 Å². The van der Waals surface area contributed by atoms with Crippen molar-refractivity contribution in [3.05, 3.63) is 95.3 Å². The van der Waals surface area contributed by atoms with Crippen molar-refractivity contribution >= 4 is 15.9 Å². The number of rotatable bonds is 7. The smallest absolute Gasteiger partial charge is 0.255 e. The van der Waals surface area contributed by atoms with Gasteiger partial charge in [-0.05, 0) is 47.5 Å². The molecule has 0 aliphatic heterocycles. The lowest BCUT2D eigenvalue weighted by atomic mass is 10.1. The van der Waals surface area contributed by atoms with Crippen molar-refractivity contribution in [2.45, 2.75) is 18.0 Å². The van der Waals surface area contributed by atoms with E-state index in [1.165, 1.54) is 24.3 Å². The van der Waals surface area contributed by atoms with E-state index in [0.29, 0.717) is 16.9 Å². The molecule has 3 aromatic rings. The molecule has 0 bridgehead atoms. The number of hydrogen-bond acceptors (Lipinski definition) is 4. The van der Waals surface area contributed by atoms with Crippen LogP contribution in [0.2, 0.25) is 0 Å². The molecule has 0 aliphatic carbocycles. The summed E-state index contributed by atoms with van der Waals surface area (Å²) in [5.74, 6) is -0.326. The van der Waals surface area contributed by atoms with Crippen molar-refractivity contribution in [1.82, 2.24) is 5.32 Å². The molecule has 0 fully saturated rings. The lowest BCUT2D eigenvalue weighted by molar-refractivity contribution is 0.0946. The number of nitrogens with two attached hydrogens (primary N) is 1. The summed E-state index contributed by atoms with van der Waals surface area (Å²) in [6, 6.07) is 18.7. The van der Waals surface area contributed by atoms with Gasteiger partial charge >= 0.3 is 0 Å². The lowest BCUT2D eigenvalue weighted by Crippen LogP contribution is -2.23. The Hall–Kier alpha value is -3.23. The number of hydrogen-bond donors (Lipinski definition) is 2. The Labute approximate surface area is 168 Å². The molecule has 3 N–H and O–H groups in total. The Morgan fingerprint density at radius 1 is 0.966 bits per heavy atom. The monoisotopic (exact) mass is 414 g/mol. The maximum Gasteiger partial charge on any atom is 0.255 e. The van der Waals surface area contributed by atoms with Crippen molar-refractivity contribution in [1.29, 1.82) is 0 Å². The molecular weight excluding hydrogens is 395 g/mol. The zero-order valence-electron chi connectivity index (χ0n) is 15.3. The van der Waals surface area contributed by atoms with E-state index in [-0.39, 0.29) is 29.8 Å². The van der Waals surface area contributed by atoms with E-state index in [9.17, 15) is 17.6 Å². The van der Waals surface area contributed by atoms with Gasteiger partial charge in [-0.15, -0.1) is 0 Å². The minimum absolute atomic E-state index is 0.0210. The minimum atomic E-state index is -3.82. The summed E-state index contributed by atoms with van der Waals surface area (Å²) in [7, 11) is -3.82. The normalized spacial score (nSPS) is 11.1. The summed E-state index contributed by atoms with van der Waals surface area (Å²) in [6.07, 6.45) is 0. The third-order valence-electron chi connectivity index (χ3n) is 4.12. The second-order valence-electron chi connectivity index (χ2n) is 6.29. The van der Waals surface area contributed by atoms with E-state index < -0.39 is 10.0 Å². The second kappa shape index (κ2) is 8.85. The van der Waals surface area contributed by atoms with Crippen molar-refractivity contribution in [2.24, 2.45) is 5.14 Å². The fourth-order valence-electron chi connectivity index (χ4n) is 2.63. The van der Waals surface area contributed by atoms with Crippen LogP contribution in [-0.4, -0.2) is 14.3 Å². The SMILES string of the molecule is NS(=O)(=O)c1cccc(CNC(=O)c2ccccc2OCc2ccc(F)cc2)c1. The van der Waals surface area contributed by atoms with E-state index in [1.807, 2.05) is 0 Å². The first-order valence-corrected chi connectivity index (χ1v) is 10.2. The summed E-state index contributed by atoms with van der Waals surface area (Å²) in [5, 5.41) is 7.87. The Balaban J connectivity index is 1.67. The third-order valence-corrected chi connectivity index (χ3v) is 5.03. The van der Waals surface area contributed by atoms with E-state index in [2.05, 4.69) is 5.32 Å². The van der Waals surface area contributed by atoms with E-state index in [1.54, 1.807) is 48.5 Å². The highest BCUT2D eigenvalue weighted by Crippen LogP contribution is 2.20. The van der Waals surface area contributed by atoms with Gasteiger partial charge in [0.05, 0.1) is 10.5 Å². The summed E-state index contributed by atoms with van der Waals surface area (Å²) in [5.41, 5.74) is 1.69. The molecule has 0 unspecified atom stereocenters.